The molecular formula is C36H38ClN3O5S. The molecule has 0 aliphatic heterocycles. The van der Waals surface area contributed by atoms with Gasteiger partial charge in [0.2, 0.25) is 11.8 Å². The topological polar surface area (TPSA) is 96.0 Å². The molecule has 0 bridgehead atoms. The van der Waals surface area contributed by atoms with Crippen LogP contribution < -0.4 is 14.4 Å². The molecule has 2 amide bonds. The number of nitrogens with one attached hydrogen (secondary N) is 1. The summed E-state index contributed by atoms with van der Waals surface area (Å²) in [5.74, 6) is 0.304. The molecule has 0 saturated heterocycles. The van der Waals surface area contributed by atoms with Crippen LogP contribution in [-0.2, 0) is 26.2 Å². The SMILES string of the molecule is Cc1ccc(S(=O)(=O)N(CC(=O)N(Cc2ccccc2Cl)[C@H](C)C(=O)NC2CCCC2)c2ccc(Oc3ccccc3)cc2)cc1. The lowest BCUT2D eigenvalue weighted by Gasteiger charge is -2.32. The van der Waals surface area contributed by atoms with E-state index < -0.39 is 28.5 Å². The summed E-state index contributed by atoms with van der Waals surface area (Å²) in [6.45, 7) is 3.02. The molecule has 10 heteroatoms. The van der Waals surface area contributed by atoms with Gasteiger partial charge in [-0.3, -0.25) is 13.9 Å². The van der Waals surface area contributed by atoms with Crippen molar-refractivity contribution in [2.75, 3.05) is 10.8 Å². The van der Waals surface area contributed by atoms with Gasteiger partial charge in [-0.2, -0.15) is 0 Å². The Kier molecular flexibility index (Phi) is 10.7. The lowest BCUT2D eigenvalue weighted by molar-refractivity contribution is -0.139. The molecule has 1 saturated carbocycles. The molecule has 8 nitrogen and oxygen atoms in total. The lowest BCUT2D eigenvalue weighted by atomic mass is 10.1. The zero-order valence-electron chi connectivity index (χ0n) is 25.9. The second kappa shape index (κ2) is 14.8. The zero-order chi connectivity index (χ0) is 32.7. The number of carbonyl (C=O) groups excluding carboxylic acids is 2. The van der Waals surface area contributed by atoms with Crippen LogP contribution in [0.4, 0.5) is 5.69 Å². The average molecular weight is 660 g/mol. The van der Waals surface area contributed by atoms with Gasteiger partial charge in [0.15, 0.2) is 0 Å². The van der Waals surface area contributed by atoms with Crippen LogP contribution >= 0.6 is 11.6 Å². The number of nitrogens with zero attached hydrogens (tertiary/aromatic N) is 2. The van der Waals surface area contributed by atoms with E-state index >= 15 is 0 Å². The Labute approximate surface area is 276 Å². The molecule has 1 fully saturated rings. The summed E-state index contributed by atoms with van der Waals surface area (Å²) < 4.78 is 35.3. The Morgan fingerprint density at radius 1 is 0.870 bits per heavy atom. The highest BCUT2D eigenvalue weighted by molar-refractivity contribution is 7.92. The number of ether oxygens (including phenoxy) is 1. The molecule has 1 N–H and O–H groups in total. The number of amides is 2. The Hall–Kier alpha value is -4.34. The zero-order valence-corrected chi connectivity index (χ0v) is 27.5. The maximum atomic E-state index is 14.2. The second-order valence-corrected chi connectivity index (χ2v) is 13.8. The molecule has 0 radical (unpaired) electrons. The molecule has 5 rings (SSSR count). The van der Waals surface area contributed by atoms with Crippen LogP contribution in [0.25, 0.3) is 0 Å². The van der Waals surface area contributed by atoms with Crippen molar-refractivity contribution in [3.8, 4) is 11.5 Å². The summed E-state index contributed by atoms with van der Waals surface area (Å²) in [5, 5.41) is 3.52. The van der Waals surface area contributed by atoms with E-state index in [1.807, 2.05) is 37.3 Å². The normalized spacial score (nSPS) is 14.0. The fourth-order valence-electron chi connectivity index (χ4n) is 5.46. The predicted molar refractivity (Wildman–Crippen MR) is 181 cm³/mol. The highest BCUT2D eigenvalue weighted by atomic mass is 35.5. The third kappa shape index (κ3) is 8.08. The number of sulfonamides is 1. The maximum absolute atomic E-state index is 14.2. The van der Waals surface area contributed by atoms with Crippen LogP contribution in [0.5, 0.6) is 11.5 Å². The molecule has 0 heterocycles. The van der Waals surface area contributed by atoms with Crippen molar-refractivity contribution in [3.05, 3.63) is 119 Å². The van der Waals surface area contributed by atoms with E-state index in [1.165, 1.54) is 17.0 Å². The number of hydrogen-bond donors (Lipinski definition) is 1. The number of anilines is 1. The molecular weight excluding hydrogens is 622 g/mol. The first-order chi connectivity index (χ1) is 22.1. The molecule has 1 atom stereocenters. The van der Waals surface area contributed by atoms with Crippen LogP contribution in [0.1, 0.15) is 43.7 Å². The maximum Gasteiger partial charge on any atom is 0.264 e. The Morgan fingerprint density at radius 2 is 1.48 bits per heavy atom. The van der Waals surface area contributed by atoms with Gasteiger partial charge in [-0.1, -0.05) is 78.5 Å². The van der Waals surface area contributed by atoms with E-state index in [9.17, 15) is 18.0 Å². The number of hydrogen-bond acceptors (Lipinski definition) is 5. The van der Waals surface area contributed by atoms with Crippen molar-refractivity contribution < 1.29 is 22.7 Å². The van der Waals surface area contributed by atoms with Crippen molar-refractivity contribution >= 4 is 39.1 Å². The van der Waals surface area contributed by atoms with Gasteiger partial charge in [-0.05, 0) is 86.8 Å². The van der Waals surface area contributed by atoms with Crippen LogP contribution in [0, 0.1) is 6.92 Å². The van der Waals surface area contributed by atoms with Crippen LogP contribution in [0.3, 0.4) is 0 Å². The molecule has 1 aliphatic carbocycles. The van der Waals surface area contributed by atoms with Crippen molar-refractivity contribution in [1.82, 2.24) is 10.2 Å². The third-order valence-electron chi connectivity index (χ3n) is 8.16. The van der Waals surface area contributed by atoms with Crippen LogP contribution in [-0.4, -0.2) is 43.8 Å². The minimum Gasteiger partial charge on any atom is -0.457 e. The highest BCUT2D eigenvalue weighted by Gasteiger charge is 2.33. The highest BCUT2D eigenvalue weighted by Crippen LogP contribution is 2.29. The first-order valence-electron chi connectivity index (χ1n) is 15.4. The van der Waals surface area contributed by atoms with Crippen molar-refractivity contribution in [1.29, 1.82) is 0 Å². The van der Waals surface area contributed by atoms with E-state index in [0.717, 1.165) is 35.6 Å². The lowest BCUT2D eigenvalue weighted by Crippen LogP contribution is -2.52. The Morgan fingerprint density at radius 3 is 2.13 bits per heavy atom. The quantitative estimate of drug-likeness (QED) is 0.175. The number of halogens is 1. The molecule has 0 unspecified atom stereocenters. The summed E-state index contributed by atoms with van der Waals surface area (Å²) in [5.41, 5.74) is 1.82. The molecule has 240 valence electrons. The number of para-hydroxylation sites is 1. The molecule has 4 aromatic rings. The molecule has 0 spiro atoms. The predicted octanol–water partition coefficient (Wildman–Crippen LogP) is 7.11. The summed E-state index contributed by atoms with van der Waals surface area (Å²) in [7, 11) is -4.20. The van der Waals surface area contributed by atoms with Gasteiger partial charge in [-0.25, -0.2) is 8.42 Å². The largest absolute Gasteiger partial charge is 0.457 e. The van der Waals surface area contributed by atoms with Crippen LogP contribution in [0.15, 0.2) is 108 Å². The summed E-state index contributed by atoms with van der Waals surface area (Å²) >= 11 is 6.48. The molecule has 0 aromatic heterocycles. The van der Waals surface area contributed by atoms with Crippen LogP contribution in [0.2, 0.25) is 5.02 Å². The summed E-state index contributed by atoms with van der Waals surface area (Å²) in [4.78, 5) is 29.1. The number of rotatable bonds is 12. The third-order valence-corrected chi connectivity index (χ3v) is 10.3. The molecule has 46 heavy (non-hydrogen) atoms. The molecule has 4 aromatic carbocycles. The molecule has 1 aliphatic rings. The minimum absolute atomic E-state index is 0.0278. The van der Waals surface area contributed by atoms with Gasteiger partial charge in [0, 0.05) is 17.6 Å². The van der Waals surface area contributed by atoms with E-state index in [2.05, 4.69) is 5.32 Å². The fourth-order valence-corrected chi connectivity index (χ4v) is 7.07. The monoisotopic (exact) mass is 659 g/mol. The number of carbonyl (C=O) groups is 2. The van der Waals surface area contributed by atoms with Gasteiger partial charge < -0.3 is 15.0 Å². The van der Waals surface area contributed by atoms with Gasteiger partial charge in [0.1, 0.15) is 24.1 Å². The number of aryl methyl sites for hydroxylation is 1. The van der Waals surface area contributed by atoms with Gasteiger partial charge in [0.25, 0.3) is 10.0 Å². The van der Waals surface area contributed by atoms with E-state index in [-0.39, 0.29) is 29.1 Å². The average Bonchev–Trinajstić information content (AvgIpc) is 3.57. The van der Waals surface area contributed by atoms with Crippen molar-refractivity contribution in [2.24, 2.45) is 0 Å². The first kappa shape index (κ1) is 33.0. The fraction of sp³-hybridized carbons (Fsp3) is 0.278. The smallest absolute Gasteiger partial charge is 0.264 e. The Bertz CT molecular complexity index is 1740. The standard InChI is InChI=1S/C36H38ClN3O5S/c1-26-16-22-33(23-17-26)46(43,44)40(30-18-20-32(21-19-30)45-31-13-4-3-5-14-31)25-35(41)39(24-28-10-6-9-15-34(28)37)27(2)36(42)38-29-11-7-8-12-29/h3-6,9-10,13-23,27,29H,7-8,11-12,24-25H2,1-2H3,(H,38,42)/t27-/m1/s1. The van der Waals surface area contributed by atoms with Gasteiger partial charge in [0.05, 0.1) is 10.6 Å². The summed E-state index contributed by atoms with van der Waals surface area (Å²) in [6.07, 6.45) is 3.87. The van der Waals surface area contributed by atoms with Gasteiger partial charge in [-0.15, -0.1) is 0 Å². The minimum atomic E-state index is -4.20. The first-order valence-corrected chi connectivity index (χ1v) is 17.2. The van der Waals surface area contributed by atoms with E-state index in [1.54, 1.807) is 67.6 Å². The number of benzene rings is 4. The Balaban J connectivity index is 1.47. The van der Waals surface area contributed by atoms with Gasteiger partial charge >= 0.3 is 0 Å². The second-order valence-electron chi connectivity index (χ2n) is 11.5. The van der Waals surface area contributed by atoms with E-state index in [4.69, 9.17) is 16.3 Å². The van der Waals surface area contributed by atoms with E-state index in [0.29, 0.717) is 22.1 Å². The van der Waals surface area contributed by atoms with Crippen molar-refractivity contribution in [2.45, 2.75) is 63.1 Å². The summed E-state index contributed by atoms with van der Waals surface area (Å²) in [6, 6.07) is 28.5. The van der Waals surface area contributed by atoms with Crippen molar-refractivity contribution in [3.63, 3.8) is 0 Å².